The summed E-state index contributed by atoms with van der Waals surface area (Å²) in [5.41, 5.74) is 2.31. The van der Waals surface area contributed by atoms with Gasteiger partial charge in [-0.3, -0.25) is 4.68 Å². The molecule has 0 amide bonds. The molecule has 0 aromatic carbocycles. The molecule has 104 valence electrons. The normalized spacial score (nSPS) is 13.1. The fourth-order valence-corrected chi connectivity index (χ4v) is 2.35. The van der Waals surface area contributed by atoms with E-state index >= 15 is 0 Å². The summed E-state index contributed by atoms with van der Waals surface area (Å²) in [6.07, 6.45) is 6.25. The van der Waals surface area contributed by atoms with Crippen LogP contribution in [0.4, 0.5) is 0 Å². The zero-order valence-corrected chi connectivity index (χ0v) is 12.2. The Morgan fingerprint density at radius 2 is 2.11 bits per heavy atom. The Morgan fingerprint density at radius 1 is 1.32 bits per heavy atom. The topological polar surface area (TPSA) is 47.7 Å². The Balaban J connectivity index is 2.09. The van der Waals surface area contributed by atoms with Gasteiger partial charge in [-0.05, 0) is 24.1 Å². The lowest BCUT2D eigenvalue weighted by atomic mass is 9.98. The Kier molecular flexibility index (Phi) is 4.37. The molecule has 1 N–H and O–H groups in total. The predicted molar refractivity (Wildman–Crippen MR) is 75.8 cm³/mol. The summed E-state index contributed by atoms with van der Waals surface area (Å²) in [6.45, 7) is 8.38. The molecule has 0 fully saturated rings. The van der Waals surface area contributed by atoms with Gasteiger partial charge in [0.25, 0.3) is 0 Å². The fraction of sp³-hybridized carbons (Fsp3) is 0.571. The maximum atomic E-state index is 4.11. The van der Waals surface area contributed by atoms with Crippen molar-refractivity contribution in [1.82, 2.24) is 24.9 Å². The maximum Gasteiger partial charge on any atom is 0.102 e. The summed E-state index contributed by atoms with van der Waals surface area (Å²) >= 11 is 0. The first-order valence-corrected chi connectivity index (χ1v) is 6.84. The first-order valence-electron chi connectivity index (χ1n) is 6.84. The molecule has 19 heavy (non-hydrogen) atoms. The first-order chi connectivity index (χ1) is 9.10. The number of nitrogens with one attached hydrogen (secondary N) is 1. The molecule has 2 rings (SSSR count). The van der Waals surface area contributed by atoms with Crippen LogP contribution in [0, 0.1) is 5.92 Å². The number of hydrogen-bond donors (Lipinski definition) is 1. The highest BCUT2D eigenvalue weighted by Crippen LogP contribution is 2.22. The molecule has 0 aliphatic carbocycles. The molecule has 0 bridgehead atoms. The predicted octanol–water partition coefficient (Wildman–Crippen LogP) is 1.97. The highest BCUT2D eigenvalue weighted by Gasteiger charge is 2.15. The van der Waals surface area contributed by atoms with Crippen LogP contribution < -0.4 is 5.32 Å². The van der Waals surface area contributed by atoms with E-state index in [4.69, 9.17) is 0 Å². The zero-order chi connectivity index (χ0) is 13.8. The van der Waals surface area contributed by atoms with E-state index in [1.165, 1.54) is 5.56 Å². The Labute approximate surface area is 114 Å². The van der Waals surface area contributed by atoms with Crippen LogP contribution in [0.5, 0.6) is 0 Å². The van der Waals surface area contributed by atoms with Gasteiger partial charge in [-0.25, -0.2) is 0 Å². The molecule has 1 unspecified atom stereocenters. The van der Waals surface area contributed by atoms with E-state index in [9.17, 15) is 0 Å². The molecule has 0 aliphatic heterocycles. The van der Waals surface area contributed by atoms with Crippen LogP contribution in [0.1, 0.15) is 38.1 Å². The van der Waals surface area contributed by atoms with E-state index in [1.807, 2.05) is 13.2 Å². The van der Waals surface area contributed by atoms with E-state index in [0.29, 0.717) is 12.0 Å². The van der Waals surface area contributed by atoms with Gasteiger partial charge >= 0.3 is 0 Å². The van der Waals surface area contributed by atoms with Gasteiger partial charge in [0.15, 0.2) is 0 Å². The van der Waals surface area contributed by atoms with Gasteiger partial charge in [-0.1, -0.05) is 26.0 Å². The van der Waals surface area contributed by atoms with Crippen LogP contribution in [0.3, 0.4) is 0 Å². The molecule has 1 atom stereocenters. The fourth-order valence-electron chi connectivity index (χ4n) is 2.35. The first kappa shape index (κ1) is 13.8. The van der Waals surface area contributed by atoms with Crippen molar-refractivity contribution >= 4 is 0 Å². The molecule has 0 radical (unpaired) electrons. The molecule has 5 nitrogen and oxygen atoms in total. The third-order valence-corrected chi connectivity index (χ3v) is 3.22. The Bertz CT molecular complexity index is 511. The second kappa shape index (κ2) is 6.02. The molecule has 2 heterocycles. The highest BCUT2D eigenvalue weighted by molar-refractivity contribution is 5.17. The van der Waals surface area contributed by atoms with Gasteiger partial charge in [0.2, 0.25) is 0 Å². The standard InChI is InChI=1S/C14H23N5/c1-5-15-14(11(2)3)12-6-7-19(8-12)10-13-9-18(4)17-16-13/h6-9,11,14-15H,5,10H2,1-4H3. The van der Waals surface area contributed by atoms with Crippen molar-refractivity contribution in [3.8, 4) is 0 Å². The number of aromatic nitrogens is 4. The SMILES string of the molecule is CCNC(c1ccn(Cc2cn(C)nn2)c1)C(C)C. The lowest BCUT2D eigenvalue weighted by Gasteiger charge is -2.20. The summed E-state index contributed by atoms with van der Waals surface area (Å²) in [4.78, 5) is 0. The van der Waals surface area contributed by atoms with Crippen LogP contribution in [0.15, 0.2) is 24.7 Å². The van der Waals surface area contributed by atoms with Crippen molar-refractivity contribution in [3.63, 3.8) is 0 Å². The van der Waals surface area contributed by atoms with Gasteiger partial charge in [0.1, 0.15) is 5.69 Å². The van der Waals surface area contributed by atoms with Crippen molar-refractivity contribution in [2.75, 3.05) is 6.54 Å². The van der Waals surface area contributed by atoms with Crippen LogP contribution in [-0.2, 0) is 13.6 Å². The number of aryl methyl sites for hydroxylation is 1. The summed E-state index contributed by atoms with van der Waals surface area (Å²) in [6, 6.07) is 2.59. The number of nitrogens with zero attached hydrogens (tertiary/aromatic N) is 4. The Morgan fingerprint density at radius 3 is 2.68 bits per heavy atom. The number of hydrogen-bond acceptors (Lipinski definition) is 3. The van der Waals surface area contributed by atoms with Gasteiger partial charge in [0, 0.05) is 31.7 Å². The van der Waals surface area contributed by atoms with Gasteiger partial charge in [-0.15, -0.1) is 5.10 Å². The average molecular weight is 261 g/mol. The van der Waals surface area contributed by atoms with Crippen molar-refractivity contribution in [1.29, 1.82) is 0 Å². The largest absolute Gasteiger partial charge is 0.348 e. The van der Waals surface area contributed by atoms with E-state index in [0.717, 1.165) is 18.8 Å². The highest BCUT2D eigenvalue weighted by atomic mass is 15.4. The molecule has 5 heteroatoms. The van der Waals surface area contributed by atoms with E-state index in [1.54, 1.807) is 4.68 Å². The van der Waals surface area contributed by atoms with Crippen molar-refractivity contribution < 1.29 is 0 Å². The summed E-state index contributed by atoms with van der Waals surface area (Å²) in [7, 11) is 1.89. The molecule has 2 aromatic heterocycles. The quantitative estimate of drug-likeness (QED) is 0.865. The van der Waals surface area contributed by atoms with E-state index in [2.05, 4.69) is 59.4 Å². The average Bonchev–Trinajstić information content (AvgIpc) is 2.96. The maximum absolute atomic E-state index is 4.11. The molecule has 0 aliphatic rings. The third kappa shape index (κ3) is 3.44. The third-order valence-electron chi connectivity index (χ3n) is 3.22. The summed E-state index contributed by atoms with van der Waals surface area (Å²) in [5.74, 6) is 0.576. The molecule has 2 aromatic rings. The molecular weight excluding hydrogens is 238 g/mol. The van der Waals surface area contributed by atoms with Crippen LogP contribution in [-0.4, -0.2) is 26.1 Å². The second-order valence-electron chi connectivity index (χ2n) is 5.28. The van der Waals surface area contributed by atoms with Crippen molar-refractivity contribution in [2.45, 2.75) is 33.4 Å². The van der Waals surface area contributed by atoms with Gasteiger partial charge in [-0.2, -0.15) is 0 Å². The minimum Gasteiger partial charge on any atom is -0.348 e. The lowest BCUT2D eigenvalue weighted by Crippen LogP contribution is -2.25. The van der Waals surface area contributed by atoms with Gasteiger partial charge in [0.05, 0.1) is 6.54 Å². The number of rotatable bonds is 6. The minimum atomic E-state index is 0.410. The van der Waals surface area contributed by atoms with Crippen LogP contribution in [0.25, 0.3) is 0 Å². The molecular formula is C14H23N5. The van der Waals surface area contributed by atoms with E-state index < -0.39 is 0 Å². The minimum absolute atomic E-state index is 0.410. The Hall–Kier alpha value is -1.62. The van der Waals surface area contributed by atoms with Crippen molar-refractivity contribution in [3.05, 3.63) is 35.9 Å². The zero-order valence-electron chi connectivity index (χ0n) is 12.2. The second-order valence-corrected chi connectivity index (χ2v) is 5.28. The smallest absolute Gasteiger partial charge is 0.102 e. The summed E-state index contributed by atoms with van der Waals surface area (Å²) < 4.78 is 3.89. The summed E-state index contributed by atoms with van der Waals surface area (Å²) in [5, 5.41) is 11.6. The van der Waals surface area contributed by atoms with Gasteiger partial charge < -0.3 is 9.88 Å². The van der Waals surface area contributed by atoms with Crippen LogP contribution in [0.2, 0.25) is 0 Å². The lowest BCUT2D eigenvalue weighted by molar-refractivity contribution is 0.421. The molecule has 0 spiro atoms. The van der Waals surface area contributed by atoms with Crippen LogP contribution >= 0.6 is 0 Å². The monoisotopic (exact) mass is 261 g/mol. The van der Waals surface area contributed by atoms with E-state index in [-0.39, 0.29) is 0 Å². The molecule has 0 saturated heterocycles. The molecule has 0 saturated carbocycles. The van der Waals surface area contributed by atoms with Crippen molar-refractivity contribution in [2.24, 2.45) is 13.0 Å².